The van der Waals surface area contributed by atoms with Gasteiger partial charge < -0.3 is 15.2 Å². The van der Waals surface area contributed by atoms with Crippen molar-refractivity contribution in [2.45, 2.75) is 38.1 Å². The standard InChI is InChI=1S/C12H19NO4/c1-11(13,9(14)16-2)12-6-4-3-5-8(12)7-17-10(12)15/h8H,3-7,13H2,1-2H3. The van der Waals surface area contributed by atoms with Crippen LogP contribution in [0.2, 0.25) is 0 Å². The number of cyclic esters (lactones) is 1. The van der Waals surface area contributed by atoms with E-state index in [0.29, 0.717) is 13.0 Å². The molecule has 96 valence electrons. The number of methoxy groups -OCH3 is 1. The van der Waals surface area contributed by atoms with Crippen LogP contribution in [0.4, 0.5) is 0 Å². The summed E-state index contributed by atoms with van der Waals surface area (Å²) >= 11 is 0. The number of esters is 2. The Morgan fingerprint density at radius 1 is 1.59 bits per heavy atom. The molecule has 0 amide bonds. The molecule has 3 atom stereocenters. The quantitative estimate of drug-likeness (QED) is 0.717. The minimum Gasteiger partial charge on any atom is -0.468 e. The molecule has 0 aromatic carbocycles. The van der Waals surface area contributed by atoms with E-state index in [1.54, 1.807) is 6.92 Å². The van der Waals surface area contributed by atoms with Crippen LogP contribution in [-0.4, -0.2) is 31.2 Å². The third-order valence-corrected chi connectivity index (χ3v) is 4.39. The van der Waals surface area contributed by atoms with E-state index < -0.39 is 16.9 Å². The fourth-order valence-corrected chi connectivity index (χ4v) is 3.33. The molecule has 1 saturated heterocycles. The first-order valence-corrected chi connectivity index (χ1v) is 6.01. The van der Waals surface area contributed by atoms with Crippen molar-refractivity contribution in [3.05, 3.63) is 0 Å². The summed E-state index contributed by atoms with van der Waals surface area (Å²) in [5.41, 5.74) is 3.94. The van der Waals surface area contributed by atoms with E-state index in [4.69, 9.17) is 15.2 Å². The maximum atomic E-state index is 12.1. The maximum Gasteiger partial charge on any atom is 0.326 e. The van der Waals surface area contributed by atoms with Gasteiger partial charge in [-0.3, -0.25) is 9.59 Å². The lowest BCUT2D eigenvalue weighted by Crippen LogP contribution is -2.64. The number of ether oxygens (including phenoxy) is 2. The van der Waals surface area contributed by atoms with Gasteiger partial charge in [0.05, 0.1) is 13.7 Å². The van der Waals surface area contributed by atoms with Crippen LogP contribution < -0.4 is 5.73 Å². The minimum atomic E-state index is -1.31. The second-order valence-corrected chi connectivity index (χ2v) is 5.21. The molecule has 1 saturated carbocycles. The van der Waals surface area contributed by atoms with Gasteiger partial charge in [-0.25, -0.2) is 0 Å². The number of rotatable bonds is 2. The van der Waals surface area contributed by atoms with Crippen LogP contribution in [0.25, 0.3) is 0 Å². The highest BCUT2D eigenvalue weighted by Crippen LogP contribution is 2.52. The highest BCUT2D eigenvalue weighted by Gasteiger charge is 2.65. The van der Waals surface area contributed by atoms with E-state index in [0.717, 1.165) is 19.3 Å². The van der Waals surface area contributed by atoms with Gasteiger partial charge in [0.2, 0.25) is 0 Å². The fraction of sp³-hybridized carbons (Fsp3) is 0.833. The summed E-state index contributed by atoms with van der Waals surface area (Å²) in [5, 5.41) is 0. The van der Waals surface area contributed by atoms with Gasteiger partial charge in [0.25, 0.3) is 0 Å². The van der Waals surface area contributed by atoms with Crippen molar-refractivity contribution in [2.24, 2.45) is 17.1 Å². The number of hydrogen-bond donors (Lipinski definition) is 1. The Hall–Kier alpha value is -1.10. The Balaban J connectivity index is 2.43. The Bertz CT molecular complexity index is 352. The van der Waals surface area contributed by atoms with Gasteiger partial charge >= 0.3 is 11.9 Å². The molecule has 17 heavy (non-hydrogen) atoms. The van der Waals surface area contributed by atoms with E-state index in [1.807, 2.05) is 0 Å². The summed E-state index contributed by atoms with van der Waals surface area (Å²) < 4.78 is 9.91. The average molecular weight is 241 g/mol. The van der Waals surface area contributed by atoms with Gasteiger partial charge in [-0.05, 0) is 19.8 Å². The Morgan fingerprint density at radius 3 is 2.94 bits per heavy atom. The van der Waals surface area contributed by atoms with Gasteiger partial charge in [0.1, 0.15) is 11.0 Å². The number of carbonyl (C=O) groups excluding carboxylic acids is 2. The molecule has 0 aromatic rings. The zero-order chi connectivity index (χ0) is 12.7. The van der Waals surface area contributed by atoms with Crippen molar-refractivity contribution in [1.29, 1.82) is 0 Å². The van der Waals surface area contributed by atoms with Crippen LogP contribution in [0.15, 0.2) is 0 Å². The highest BCUT2D eigenvalue weighted by molar-refractivity contribution is 5.92. The SMILES string of the molecule is COC(=O)C(C)(N)C12CCCCC1COC2=O. The molecule has 1 aliphatic carbocycles. The van der Waals surface area contributed by atoms with Crippen LogP contribution in [0, 0.1) is 11.3 Å². The van der Waals surface area contributed by atoms with Crippen LogP contribution in [0.5, 0.6) is 0 Å². The Labute approximate surface area is 101 Å². The molecule has 2 fully saturated rings. The van der Waals surface area contributed by atoms with E-state index in [-0.39, 0.29) is 11.9 Å². The Kier molecular flexibility index (Phi) is 2.89. The molecule has 0 aromatic heterocycles. The van der Waals surface area contributed by atoms with Crippen LogP contribution in [0.1, 0.15) is 32.6 Å². The van der Waals surface area contributed by atoms with Crippen molar-refractivity contribution in [3.63, 3.8) is 0 Å². The topological polar surface area (TPSA) is 78.6 Å². The van der Waals surface area contributed by atoms with E-state index in [2.05, 4.69) is 0 Å². The van der Waals surface area contributed by atoms with Gasteiger partial charge in [0.15, 0.2) is 0 Å². The smallest absolute Gasteiger partial charge is 0.326 e. The first kappa shape index (κ1) is 12.4. The van der Waals surface area contributed by atoms with Crippen molar-refractivity contribution in [2.75, 3.05) is 13.7 Å². The third kappa shape index (κ3) is 1.48. The number of fused-ring (bicyclic) bond motifs is 1. The van der Waals surface area contributed by atoms with E-state index >= 15 is 0 Å². The summed E-state index contributed by atoms with van der Waals surface area (Å²) in [7, 11) is 1.29. The van der Waals surface area contributed by atoms with Gasteiger partial charge in [-0.15, -0.1) is 0 Å². The fourth-order valence-electron chi connectivity index (χ4n) is 3.33. The first-order chi connectivity index (χ1) is 7.96. The monoisotopic (exact) mass is 241 g/mol. The van der Waals surface area contributed by atoms with Gasteiger partial charge in [-0.1, -0.05) is 12.8 Å². The summed E-state index contributed by atoms with van der Waals surface area (Å²) in [6.45, 7) is 1.96. The molecule has 2 aliphatic rings. The van der Waals surface area contributed by atoms with Crippen LogP contribution >= 0.6 is 0 Å². The molecule has 0 spiro atoms. The summed E-state index contributed by atoms with van der Waals surface area (Å²) in [5.74, 6) is -0.835. The Morgan fingerprint density at radius 2 is 2.29 bits per heavy atom. The predicted molar refractivity (Wildman–Crippen MR) is 60.0 cm³/mol. The summed E-state index contributed by atoms with van der Waals surface area (Å²) in [6, 6.07) is 0. The maximum absolute atomic E-state index is 12.1. The molecule has 5 nitrogen and oxygen atoms in total. The molecule has 0 radical (unpaired) electrons. The molecular weight excluding hydrogens is 222 g/mol. The largest absolute Gasteiger partial charge is 0.468 e. The van der Waals surface area contributed by atoms with Gasteiger partial charge in [0, 0.05) is 5.92 Å². The lowest BCUT2D eigenvalue weighted by molar-refractivity contribution is -0.165. The van der Waals surface area contributed by atoms with Crippen molar-refractivity contribution in [3.8, 4) is 0 Å². The zero-order valence-corrected chi connectivity index (χ0v) is 10.3. The lowest BCUT2D eigenvalue weighted by Gasteiger charge is -2.44. The molecule has 0 bridgehead atoms. The van der Waals surface area contributed by atoms with Crippen molar-refractivity contribution >= 4 is 11.9 Å². The molecule has 1 aliphatic heterocycles. The first-order valence-electron chi connectivity index (χ1n) is 6.01. The normalized spacial score (nSPS) is 35.7. The second kappa shape index (κ2) is 3.98. The lowest BCUT2D eigenvalue weighted by atomic mass is 9.58. The van der Waals surface area contributed by atoms with Crippen molar-refractivity contribution in [1.82, 2.24) is 0 Å². The minimum absolute atomic E-state index is 0.0397. The van der Waals surface area contributed by atoms with Crippen LogP contribution in [0.3, 0.4) is 0 Å². The molecule has 5 heteroatoms. The van der Waals surface area contributed by atoms with Crippen LogP contribution in [-0.2, 0) is 19.1 Å². The second-order valence-electron chi connectivity index (χ2n) is 5.21. The third-order valence-electron chi connectivity index (χ3n) is 4.39. The molecule has 3 unspecified atom stereocenters. The summed E-state index contributed by atoms with van der Waals surface area (Å²) in [6.07, 6.45) is 3.45. The summed E-state index contributed by atoms with van der Waals surface area (Å²) in [4.78, 5) is 23.9. The van der Waals surface area contributed by atoms with E-state index in [9.17, 15) is 9.59 Å². The molecular formula is C12H19NO4. The average Bonchev–Trinajstić information content (AvgIpc) is 2.68. The molecule has 2 N–H and O–H groups in total. The van der Waals surface area contributed by atoms with Crippen molar-refractivity contribution < 1.29 is 19.1 Å². The predicted octanol–water partition coefficient (Wildman–Crippen LogP) is 0.610. The zero-order valence-electron chi connectivity index (χ0n) is 10.3. The number of nitrogens with two attached hydrogens (primary N) is 1. The number of hydrogen-bond acceptors (Lipinski definition) is 5. The highest BCUT2D eigenvalue weighted by atomic mass is 16.5. The van der Waals surface area contributed by atoms with E-state index in [1.165, 1.54) is 7.11 Å². The molecule has 2 rings (SSSR count). The number of carbonyl (C=O) groups is 2. The van der Waals surface area contributed by atoms with Gasteiger partial charge in [-0.2, -0.15) is 0 Å². The molecule has 1 heterocycles.